The zero-order valence-corrected chi connectivity index (χ0v) is 11.6. The highest BCUT2D eigenvalue weighted by molar-refractivity contribution is 5.21. The average Bonchev–Trinajstić information content (AvgIpc) is 2.39. The van der Waals surface area contributed by atoms with Crippen molar-refractivity contribution in [1.29, 1.82) is 0 Å². The lowest BCUT2D eigenvalue weighted by Crippen LogP contribution is -2.40. The number of nitrogens with zero attached hydrogens (tertiary/aromatic N) is 2. The maximum absolute atomic E-state index is 9.68. The van der Waals surface area contributed by atoms with E-state index < -0.39 is 0 Å². The lowest BCUT2D eigenvalue weighted by atomic mass is 9.68. The van der Waals surface area contributed by atoms with E-state index in [1.165, 1.54) is 6.42 Å². The minimum Gasteiger partial charge on any atom is -0.395 e. The molecule has 0 bridgehead atoms. The highest BCUT2D eigenvalue weighted by Gasteiger charge is 2.41. The zero-order valence-electron chi connectivity index (χ0n) is 11.6. The molecule has 0 unspecified atom stereocenters. The Morgan fingerprint density at radius 3 is 2.63 bits per heavy atom. The van der Waals surface area contributed by atoms with Gasteiger partial charge in [-0.15, -0.1) is 0 Å². The van der Waals surface area contributed by atoms with Crippen molar-refractivity contribution in [3.63, 3.8) is 0 Å². The number of rotatable bonds is 3. The SMILES string of the molecule is Cc1cc(C2CCOCC2)nc(C2(CO)CCC2)n1. The standard InChI is InChI=1S/C15H22N2O2/c1-11-9-13(12-3-7-19-8-4-12)17-14(16-11)15(10-18)5-2-6-15/h9,12,18H,2-8,10H2,1H3. The van der Waals surface area contributed by atoms with Gasteiger partial charge in [0.1, 0.15) is 5.82 Å². The van der Waals surface area contributed by atoms with E-state index in [-0.39, 0.29) is 12.0 Å². The molecule has 0 spiro atoms. The van der Waals surface area contributed by atoms with Crippen LogP contribution in [0, 0.1) is 6.92 Å². The molecule has 1 saturated carbocycles. The second kappa shape index (κ2) is 5.17. The van der Waals surface area contributed by atoms with Gasteiger partial charge in [0.2, 0.25) is 0 Å². The van der Waals surface area contributed by atoms with Crippen molar-refractivity contribution in [2.75, 3.05) is 19.8 Å². The predicted molar refractivity (Wildman–Crippen MR) is 72.2 cm³/mol. The molecule has 1 aliphatic heterocycles. The number of hydrogen-bond acceptors (Lipinski definition) is 4. The Balaban J connectivity index is 1.91. The lowest BCUT2D eigenvalue weighted by molar-refractivity contribution is 0.0836. The van der Waals surface area contributed by atoms with E-state index in [0.29, 0.717) is 5.92 Å². The van der Waals surface area contributed by atoms with E-state index in [1.54, 1.807) is 0 Å². The Morgan fingerprint density at radius 2 is 2.05 bits per heavy atom. The molecule has 1 aromatic rings. The summed E-state index contributed by atoms with van der Waals surface area (Å²) in [4.78, 5) is 9.39. The molecule has 0 atom stereocenters. The van der Waals surface area contributed by atoms with Crippen LogP contribution in [0.1, 0.15) is 55.2 Å². The van der Waals surface area contributed by atoms with E-state index in [4.69, 9.17) is 9.72 Å². The number of ether oxygens (including phenoxy) is 1. The summed E-state index contributed by atoms with van der Waals surface area (Å²) in [5, 5.41) is 9.68. The van der Waals surface area contributed by atoms with Gasteiger partial charge in [-0.2, -0.15) is 0 Å². The molecule has 1 aromatic heterocycles. The van der Waals surface area contributed by atoms with Crippen LogP contribution in [0.4, 0.5) is 0 Å². The third-order valence-corrected chi connectivity index (χ3v) is 4.60. The van der Waals surface area contributed by atoms with Gasteiger partial charge in [-0.05, 0) is 38.7 Å². The fourth-order valence-corrected chi connectivity index (χ4v) is 3.09. The minimum atomic E-state index is -0.161. The van der Waals surface area contributed by atoms with Gasteiger partial charge in [0, 0.05) is 30.5 Å². The Morgan fingerprint density at radius 1 is 1.32 bits per heavy atom. The number of aliphatic hydroxyl groups is 1. The van der Waals surface area contributed by atoms with Crippen LogP contribution in [0.5, 0.6) is 0 Å². The first-order chi connectivity index (χ1) is 9.23. The number of aromatic nitrogens is 2. The van der Waals surface area contributed by atoms with Gasteiger partial charge in [-0.25, -0.2) is 9.97 Å². The fourth-order valence-electron chi connectivity index (χ4n) is 3.09. The third kappa shape index (κ3) is 2.39. The molecule has 1 aliphatic carbocycles. The smallest absolute Gasteiger partial charge is 0.137 e. The van der Waals surface area contributed by atoms with Crippen LogP contribution in [-0.4, -0.2) is 34.9 Å². The molecule has 2 fully saturated rings. The highest BCUT2D eigenvalue weighted by Crippen LogP contribution is 2.42. The second-order valence-electron chi connectivity index (χ2n) is 5.94. The molecule has 0 amide bonds. The van der Waals surface area contributed by atoms with Gasteiger partial charge in [0.15, 0.2) is 0 Å². The molecule has 2 heterocycles. The van der Waals surface area contributed by atoms with Crippen molar-refractivity contribution in [2.45, 2.75) is 50.4 Å². The second-order valence-corrected chi connectivity index (χ2v) is 5.94. The van der Waals surface area contributed by atoms with Crippen molar-refractivity contribution >= 4 is 0 Å². The molecule has 3 rings (SSSR count). The largest absolute Gasteiger partial charge is 0.395 e. The molecule has 104 valence electrons. The lowest BCUT2D eigenvalue weighted by Gasteiger charge is -2.39. The topological polar surface area (TPSA) is 55.2 Å². The molecule has 0 aromatic carbocycles. The van der Waals surface area contributed by atoms with Gasteiger partial charge < -0.3 is 9.84 Å². The van der Waals surface area contributed by atoms with Crippen LogP contribution in [0.15, 0.2) is 6.07 Å². The summed E-state index contributed by atoms with van der Waals surface area (Å²) in [5.41, 5.74) is 2.00. The number of aliphatic hydroxyl groups excluding tert-OH is 1. The first kappa shape index (κ1) is 13.0. The summed E-state index contributed by atoms with van der Waals surface area (Å²) in [7, 11) is 0. The van der Waals surface area contributed by atoms with Crippen molar-refractivity contribution in [1.82, 2.24) is 9.97 Å². The first-order valence-electron chi connectivity index (χ1n) is 7.28. The molecule has 2 aliphatic rings. The van der Waals surface area contributed by atoms with E-state index in [2.05, 4.69) is 11.1 Å². The van der Waals surface area contributed by atoms with E-state index in [9.17, 15) is 5.11 Å². The highest BCUT2D eigenvalue weighted by atomic mass is 16.5. The van der Waals surface area contributed by atoms with Gasteiger partial charge in [0.05, 0.1) is 12.0 Å². The van der Waals surface area contributed by atoms with E-state index in [1.807, 2.05) is 6.92 Å². The number of hydrogen-bond donors (Lipinski definition) is 1. The normalized spacial score (nSPS) is 23.1. The molecular weight excluding hydrogens is 240 g/mol. The molecule has 19 heavy (non-hydrogen) atoms. The molecule has 0 radical (unpaired) electrons. The monoisotopic (exact) mass is 262 g/mol. The van der Waals surface area contributed by atoms with Crippen LogP contribution in [-0.2, 0) is 10.2 Å². The van der Waals surface area contributed by atoms with Gasteiger partial charge in [-0.3, -0.25) is 0 Å². The van der Waals surface area contributed by atoms with Crippen LogP contribution in [0.3, 0.4) is 0 Å². The van der Waals surface area contributed by atoms with Crippen molar-refractivity contribution in [3.05, 3.63) is 23.3 Å². The molecular formula is C15H22N2O2. The quantitative estimate of drug-likeness (QED) is 0.906. The summed E-state index contributed by atoms with van der Waals surface area (Å²) < 4.78 is 5.42. The van der Waals surface area contributed by atoms with Crippen LogP contribution < -0.4 is 0 Å². The molecule has 4 nitrogen and oxygen atoms in total. The summed E-state index contributed by atoms with van der Waals surface area (Å²) in [6.45, 7) is 3.85. The summed E-state index contributed by atoms with van der Waals surface area (Å²) in [5.74, 6) is 1.35. The third-order valence-electron chi connectivity index (χ3n) is 4.60. The molecule has 4 heteroatoms. The van der Waals surface area contributed by atoms with Crippen LogP contribution in [0.2, 0.25) is 0 Å². The van der Waals surface area contributed by atoms with Crippen molar-refractivity contribution in [3.8, 4) is 0 Å². The van der Waals surface area contributed by atoms with Gasteiger partial charge in [0.25, 0.3) is 0 Å². The van der Waals surface area contributed by atoms with Crippen LogP contribution in [0.25, 0.3) is 0 Å². The Bertz CT molecular complexity index is 446. The van der Waals surface area contributed by atoms with E-state index in [0.717, 1.165) is 56.1 Å². The van der Waals surface area contributed by atoms with Crippen LogP contribution >= 0.6 is 0 Å². The van der Waals surface area contributed by atoms with Crippen molar-refractivity contribution in [2.24, 2.45) is 0 Å². The Labute approximate surface area is 114 Å². The van der Waals surface area contributed by atoms with Crippen molar-refractivity contribution < 1.29 is 9.84 Å². The molecule has 1 saturated heterocycles. The fraction of sp³-hybridized carbons (Fsp3) is 0.733. The van der Waals surface area contributed by atoms with E-state index >= 15 is 0 Å². The maximum Gasteiger partial charge on any atom is 0.137 e. The zero-order chi connectivity index (χ0) is 13.3. The molecule has 1 N–H and O–H groups in total. The summed E-state index contributed by atoms with van der Waals surface area (Å²) in [6.07, 6.45) is 5.29. The first-order valence-corrected chi connectivity index (χ1v) is 7.28. The van der Waals surface area contributed by atoms with Gasteiger partial charge >= 0.3 is 0 Å². The average molecular weight is 262 g/mol. The maximum atomic E-state index is 9.68. The Kier molecular flexibility index (Phi) is 3.54. The van der Waals surface area contributed by atoms with Gasteiger partial charge in [-0.1, -0.05) is 6.42 Å². The minimum absolute atomic E-state index is 0.161. The summed E-state index contributed by atoms with van der Waals surface area (Å²) in [6, 6.07) is 2.10. The number of aryl methyl sites for hydroxylation is 1. The predicted octanol–water partition coefficient (Wildman–Crippen LogP) is 2.09. The summed E-state index contributed by atoms with van der Waals surface area (Å²) >= 11 is 0. The Hall–Kier alpha value is -1.00.